The predicted octanol–water partition coefficient (Wildman–Crippen LogP) is 4.15. The first-order chi connectivity index (χ1) is 11.6. The first-order valence-electron chi connectivity index (χ1n) is 7.68. The molecule has 1 aliphatic rings. The molecule has 0 aliphatic carbocycles. The fourth-order valence-electron chi connectivity index (χ4n) is 3.10. The van der Waals surface area contributed by atoms with E-state index in [9.17, 15) is 4.79 Å². The van der Waals surface area contributed by atoms with Crippen molar-refractivity contribution < 1.29 is 4.79 Å². The van der Waals surface area contributed by atoms with Crippen LogP contribution in [0.5, 0.6) is 0 Å². The van der Waals surface area contributed by atoms with Gasteiger partial charge in [-0.2, -0.15) is 0 Å². The van der Waals surface area contributed by atoms with Gasteiger partial charge in [0.15, 0.2) is 0 Å². The summed E-state index contributed by atoms with van der Waals surface area (Å²) in [5, 5.41) is 8.98. The fraction of sp³-hybridized carbons (Fsp3) is 0.167. The van der Waals surface area contributed by atoms with Gasteiger partial charge in [-0.3, -0.25) is 9.69 Å². The molecule has 0 saturated carbocycles. The maximum absolute atomic E-state index is 13.2. The highest BCUT2D eigenvalue weighted by molar-refractivity contribution is 6.30. The van der Waals surface area contributed by atoms with Crippen molar-refractivity contribution in [2.75, 3.05) is 4.90 Å². The number of para-hydroxylation sites is 1. The van der Waals surface area contributed by atoms with Gasteiger partial charge in [0, 0.05) is 16.3 Å². The van der Waals surface area contributed by atoms with E-state index >= 15 is 0 Å². The highest BCUT2D eigenvalue weighted by Crippen LogP contribution is 2.41. The Morgan fingerprint density at radius 1 is 1.08 bits per heavy atom. The third-order valence-electron chi connectivity index (χ3n) is 4.29. The normalized spacial score (nSPS) is 16.5. The van der Waals surface area contributed by atoms with Crippen LogP contribution in [0.1, 0.15) is 18.7 Å². The van der Waals surface area contributed by atoms with Crippen LogP contribution in [0.2, 0.25) is 5.02 Å². The molecule has 0 spiro atoms. The maximum Gasteiger partial charge on any atom is 0.256 e. The number of rotatable bonds is 1. The van der Waals surface area contributed by atoms with Crippen molar-refractivity contribution >= 4 is 28.9 Å². The molecule has 2 heterocycles. The van der Waals surface area contributed by atoms with E-state index in [1.54, 1.807) is 21.7 Å². The number of halogens is 1. The summed E-state index contributed by atoms with van der Waals surface area (Å²) in [4.78, 5) is 14.9. The molecule has 2 aromatic carbocycles. The average molecular weight is 339 g/mol. The van der Waals surface area contributed by atoms with Crippen molar-refractivity contribution in [2.24, 2.45) is 0 Å². The molecule has 120 valence electrons. The number of fused-ring (bicyclic) bond motifs is 3. The molecule has 0 fully saturated rings. The zero-order valence-corrected chi connectivity index (χ0v) is 14.0. The number of benzene rings is 2. The molecule has 0 bridgehead atoms. The molecule has 0 radical (unpaired) electrons. The standard InChI is InChI=1S/C18H15ClN4O/c1-11-17-15-5-3-4-6-16(15)22(14-9-7-13(19)8-10-14)18(24)12(2)23(17)21-20-11/h3-10,12H,1-2H3/t12-/m1/s1. The van der Waals surface area contributed by atoms with Gasteiger partial charge in [0.05, 0.1) is 17.1 Å². The van der Waals surface area contributed by atoms with Crippen molar-refractivity contribution in [2.45, 2.75) is 19.9 Å². The lowest BCUT2D eigenvalue weighted by molar-refractivity contribution is -0.120. The summed E-state index contributed by atoms with van der Waals surface area (Å²) < 4.78 is 1.70. The summed E-state index contributed by atoms with van der Waals surface area (Å²) in [6.45, 7) is 3.75. The zero-order chi connectivity index (χ0) is 16.8. The summed E-state index contributed by atoms with van der Waals surface area (Å²) in [7, 11) is 0. The summed E-state index contributed by atoms with van der Waals surface area (Å²) >= 11 is 6.00. The lowest BCUT2D eigenvalue weighted by Gasteiger charge is -2.24. The molecule has 0 unspecified atom stereocenters. The minimum Gasteiger partial charge on any atom is -0.279 e. The number of carbonyl (C=O) groups excluding carboxylic acids is 1. The second kappa shape index (κ2) is 5.46. The van der Waals surface area contributed by atoms with E-state index < -0.39 is 6.04 Å². The average Bonchev–Trinajstić information content (AvgIpc) is 2.94. The molecule has 1 aromatic heterocycles. The second-order valence-corrected chi connectivity index (χ2v) is 6.25. The smallest absolute Gasteiger partial charge is 0.256 e. The highest BCUT2D eigenvalue weighted by Gasteiger charge is 2.34. The number of hydrogen-bond acceptors (Lipinski definition) is 3. The number of hydrogen-bond donors (Lipinski definition) is 0. The number of amides is 1. The Balaban J connectivity index is 2.00. The van der Waals surface area contributed by atoms with E-state index in [-0.39, 0.29) is 5.91 Å². The van der Waals surface area contributed by atoms with Gasteiger partial charge in [0.25, 0.3) is 5.91 Å². The molecule has 6 heteroatoms. The van der Waals surface area contributed by atoms with E-state index in [2.05, 4.69) is 10.3 Å². The van der Waals surface area contributed by atoms with Gasteiger partial charge in [-0.25, -0.2) is 4.68 Å². The summed E-state index contributed by atoms with van der Waals surface area (Å²) in [6.07, 6.45) is 0. The van der Waals surface area contributed by atoms with E-state index in [4.69, 9.17) is 11.6 Å². The van der Waals surface area contributed by atoms with Crippen LogP contribution in [-0.4, -0.2) is 20.9 Å². The molecule has 4 rings (SSSR count). The minimum absolute atomic E-state index is 0.0616. The van der Waals surface area contributed by atoms with Crippen molar-refractivity contribution in [3.8, 4) is 11.3 Å². The Hall–Kier alpha value is -2.66. The molecule has 1 amide bonds. The quantitative estimate of drug-likeness (QED) is 0.670. The molecular weight excluding hydrogens is 324 g/mol. The Bertz CT molecular complexity index is 932. The third-order valence-corrected chi connectivity index (χ3v) is 4.54. The highest BCUT2D eigenvalue weighted by atomic mass is 35.5. The molecular formula is C18H15ClN4O. The van der Waals surface area contributed by atoms with Crippen molar-refractivity contribution in [1.29, 1.82) is 0 Å². The molecule has 3 aromatic rings. The molecule has 1 atom stereocenters. The van der Waals surface area contributed by atoms with Crippen LogP contribution in [0.3, 0.4) is 0 Å². The van der Waals surface area contributed by atoms with E-state index in [0.29, 0.717) is 5.02 Å². The van der Waals surface area contributed by atoms with Gasteiger partial charge in [-0.1, -0.05) is 35.0 Å². The fourth-order valence-corrected chi connectivity index (χ4v) is 3.22. The topological polar surface area (TPSA) is 51.0 Å². The van der Waals surface area contributed by atoms with Crippen LogP contribution in [0, 0.1) is 6.92 Å². The lowest BCUT2D eigenvalue weighted by Crippen LogP contribution is -2.31. The number of aromatic nitrogens is 3. The summed E-state index contributed by atoms with van der Waals surface area (Å²) in [6, 6.07) is 14.6. The maximum atomic E-state index is 13.2. The lowest BCUT2D eigenvalue weighted by atomic mass is 10.1. The largest absolute Gasteiger partial charge is 0.279 e. The van der Waals surface area contributed by atoms with Gasteiger partial charge in [-0.15, -0.1) is 5.10 Å². The van der Waals surface area contributed by atoms with E-state index in [1.165, 1.54) is 0 Å². The zero-order valence-electron chi connectivity index (χ0n) is 13.3. The van der Waals surface area contributed by atoms with Gasteiger partial charge in [0.2, 0.25) is 0 Å². The first-order valence-corrected chi connectivity index (χ1v) is 8.06. The Morgan fingerprint density at radius 2 is 1.79 bits per heavy atom. The van der Waals surface area contributed by atoms with E-state index in [1.807, 2.05) is 50.2 Å². The van der Waals surface area contributed by atoms with Crippen LogP contribution in [0.15, 0.2) is 48.5 Å². The Kier molecular flexibility index (Phi) is 3.39. The van der Waals surface area contributed by atoms with E-state index in [0.717, 1.165) is 28.3 Å². The summed E-state index contributed by atoms with van der Waals surface area (Å²) in [5.41, 5.74) is 4.22. The first kappa shape index (κ1) is 14.9. The van der Waals surface area contributed by atoms with Crippen molar-refractivity contribution in [1.82, 2.24) is 15.0 Å². The van der Waals surface area contributed by atoms with Crippen molar-refractivity contribution in [3.63, 3.8) is 0 Å². The predicted molar refractivity (Wildman–Crippen MR) is 93.5 cm³/mol. The summed E-state index contributed by atoms with van der Waals surface area (Å²) in [5.74, 6) is -0.0616. The van der Waals surface area contributed by atoms with Crippen molar-refractivity contribution in [3.05, 3.63) is 59.2 Å². The molecule has 5 nitrogen and oxygen atoms in total. The SMILES string of the molecule is Cc1nnn2c1-c1ccccc1N(c1ccc(Cl)cc1)C(=O)[C@H]2C. The number of nitrogens with zero attached hydrogens (tertiary/aromatic N) is 4. The van der Waals surface area contributed by atoms with Crippen LogP contribution in [0.4, 0.5) is 11.4 Å². The Labute approximate surface area is 144 Å². The van der Waals surface area contributed by atoms with Crippen LogP contribution < -0.4 is 4.90 Å². The number of anilines is 2. The molecule has 0 N–H and O–H groups in total. The molecule has 24 heavy (non-hydrogen) atoms. The Morgan fingerprint density at radius 3 is 2.54 bits per heavy atom. The van der Waals surface area contributed by atoms with Gasteiger partial charge in [-0.05, 0) is 44.2 Å². The minimum atomic E-state index is -0.454. The molecule has 0 saturated heterocycles. The monoisotopic (exact) mass is 338 g/mol. The van der Waals surface area contributed by atoms with Crippen LogP contribution in [0.25, 0.3) is 11.3 Å². The molecule has 1 aliphatic heterocycles. The van der Waals surface area contributed by atoms with Gasteiger partial charge < -0.3 is 0 Å². The van der Waals surface area contributed by atoms with Crippen LogP contribution >= 0.6 is 11.6 Å². The number of carbonyl (C=O) groups is 1. The van der Waals surface area contributed by atoms with Gasteiger partial charge >= 0.3 is 0 Å². The third kappa shape index (κ3) is 2.12. The van der Waals surface area contributed by atoms with Crippen LogP contribution in [-0.2, 0) is 4.79 Å². The second-order valence-electron chi connectivity index (χ2n) is 5.81. The van der Waals surface area contributed by atoms with Gasteiger partial charge in [0.1, 0.15) is 6.04 Å². The number of aryl methyl sites for hydroxylation is 1.